The molecule has 31 heavy (non-hydrogen) atoms. The van der Waals surface area contributed by atoms with E-state index in [1.165, 1.54) is 6.33 Å². The predicted molar refractivity (Wildman–Crippen MR) is 117 cm³/mol. The number of amides is 1. The van der Waals surface area contributed by atoms with E-state index in [4.69, 9.17) is 0 Å². The molecule has 0 radical (unpaired) electrons. The van der Waals surface area contributed by atoms with Crippen molar-refractivity contribution in [1.82, 2.24) is 29.9 Å². The van der Waals surface area contributed by atoms with Gasteiger partial charge in [-0.1, -0.05) is 42.5 Å². The van der Waals surface area contributed by atoms with E-state index in [1.54, 1.807) is 11.0 Å². The summed E-state index contributed by atoms with van der Waals surface area (Å²) in [6.45, 7) is 2.72. The van der Waals surface area contributed by atoms with Crippen molar-refractivity contribution in [2.24, 2.45) is 0 Å². The second-order valence-corrected chi connectivity index (χ2v) is 7.31. The lowest BCUT2D eigenvalue weighted by Gasteiger charge is -2.35. The number of hydrogen-bond acceptors (Lipinski definition) is 6. The molecule has 0 saturated carbocycles. The summed E-state index contributed by atoms with van der Waals surface area (Å²) < 4.78 is 1.57. The molecule has 4 aromatic rings. The molecule has 0 bridgehead atoms. The molecule has 8 nitrogen and oxygen atoms in total. The summed E-state index contributed by atoms with van der Waals surface area (Å²) in [6.07, 6.45) is 3.04. The summed E-state index contributed by atoms with van der Waals surface area (Å²) in [5.41, 5.74) is 2.96. The van der Waals surface area contributed by atoms with Crippen LogP contribution in [-0.2, 0) is 0 Å². The van der Waals surface area contributed by atoms with E-state index < -0.39 is 0 Å². The zero-order valence-electron chi connectivity index (χ0n) is 16.9. The average Bonchev–Trinajstić information content (AvgIpc) is 3.40. The average molecular weight is 411 g/mol. The lowest BCUT2D eigenvalue weighted by molar-refractivity contribution is 0.0746. The first-order chi connectivity index (χ1) is 15.3. The van der Waals surface area contributed by atoms with Gasteiger partial charge in [-0.2, -0.15) is 5.10 Å². The van der Waals surface area contributed by atoms with Crippen LogP contribution in [-0.4, -0.2) is 61.9 Å². The fraction of sp³-hybridized carbons (Fsp3) is 0.174. The van der Waals surface area contributed by atoms with Crippen LogP contribution >= 0.6 is 0 Å². The Morgan fingerprint density at radius 2 is 1.42 bits per heavy atom. The van der Waals surface area contributed by atoms with Crippen molar-refractivity contribution in [3.63, 3.8) is 0 Å². The van der Waals surface area contributed by atoms with Gasteiger partial charge in [-0.15, -0.1) is 10.2 Å². The fourth-order valence-corrected chi connectivity index (χ4v) is 3.69. The van der Waals surface area contributed by atoms with Gasteiger partial charge in [-0.3, -0.25) is 4.79 Å². The number of benzene rings is 2. The van der Waals surface area contributed by atoms with Crippen LogP contribution in [0.4, 0.5) is 5.82 Å². The van der Waals surface area contributed by atoms with Gasteiger partial charge in [0.15, 0.2) is 11.6 Å². The number of rotatable bonds is 4. The van der Waals surface area contributed by atoms with Crippen LogP contribution < -0.4 is 4.90 Å². The number of anilines is 1. The first kappa shape index (κ1) is 18.9. The molecule has 154 valence electrons. The largest absolute Gasteiger partial charge is 0.352 e. The highest BCUT2D eigenvalue weighted by Gasteiger charge is 2.23. The molecule has 5 rings (SSSR count). The van der Waals surface area contributed by atoms with Gasteiger partial charge in [-0.05, 0) is 35.4 Å². The molecule has 1 saturated heterocycles. The quantitative estimate of drug-likeness (QED) is 0.514. The standard InChI is InChI=1S/C23H21N7O/c31-23(20-8-6-19(7-9-20)18-4-2-1-3-5-18)29-14-12-28(13-15-29)21-10-11-22(27-26-21)30-17-24-16-25-30/h1-11,16-17H,12-15H2. The van der Waals surface area contributed by atoms with E-state index >= 15 is 0 Å². The Bertz CT molecular complexity index is 1140. The number of carbonyl (C=O) groups excluding carboxylic acids is 1. The fourth-order valence-electron chi connectivity index (χ4n) is 3.69. The van der Waals surface area contributed by atoms with Crippen LogP contribution in [0.25, 0.3) is 16.9 Å². The van der Waals surface area contributed by atoms with Crippen LogP contribution in [0.2, 0.25) is 0 Å². The zero-order chi connectivity index (χ0) is 21.0. The lowest BCUT2D eigenvalue weighted by Crippen LogP contribution is -2.49. The van der Waals surface area contributed by atoms with Crippen LogP contribution in [0.5, 0.6) is 0 Å². The Hall–Kier alpha value is -4.07. The molecule has 3 heterocycles. The summed E-state index contributed by atoms with van der Waals surface area (Å²) in [5, 5.41) is 12.6. The maximum atomic E-state index is 12.9. The number of hydrogen-bond donors (Lipinski definition) is 0. The summed E-state index contributed by atoms with van der Waals surface area (Å²) >= 11 is 0. The van der Waals surface area contributed by atoms with E-state index in [2.05, 4.69) is 37.3 Å². The molecule has 1 aliphatic rings. The van der Waals surface area contributed by atoms with Crippen LogP contribution in [0.3, 0.4) is 0 Å². The monoisotopic (exact) mass is 411 g/mol. The first-order valence-corrected chi connectivity index (χ1v) is 10.2. The highest BCUT2D eigenvalue weighted by Crippen LogP contribution is 2.21. The van der Waals surface area contributed by atoms with Crippen LogP contribution in [0.1, 0.15) is 10.4 Å². The molecule has 2 aromatic carbocycles. The topological polar surface area (TPSA) is 80.0 Å². The lowest BCUT2D eigenvalue weighted by atomic mass is 10.0. The van der Waals surface area contributed by atoms with Gasteiger partial charge in [-0.25, -0.2) is 9.67 Å². The third kappa shape index (κ3) is 4.00. The van der Waals surface area contributed by atoms with Crippen molar-refractivity contribution >= 4 is 11.7 Å². The minimum Gasteiger partial charge on any atom is -0.352 e. The second-order valence-electron chi connectivity index (χ2n) is 7.31. The van der Waals surface area contributed by atoms with E-state index in [0.717, 1.165) is 16.9 Å². The van der Waals surface area contributed by atoms with E-state index in [1.807, 2.05) is 59.5 Å². The molecule has 1 fully saturated rings. The van der Waals surface area contributed by atoms with Crippen molar-refractivity contribution < 1.29 is 4.79 Å². The molecule has 8 heteroatoms. The van der Waals surface area contributed by atoms with Crippen molar-refractivity contribution in [3.05, 3.63) is 84.9 Å². The minimum atomic E-state index is 0.0619. The molecule has 2 aromatic heterocycles. The Morgan fingerprint density at radius 1 is 0.742 bits per heavy atom. The summed E-state index contributed by atoms with van der Waals surface area (Å²) in [4.78, 5) is 20.9. The maximum Gasteiger partial charge on any atom is 0.253 e. The second kappa shape index (κ2) is 8.35. The van der Waals surface area contributed by atoms with Gasteiger partial charge in [0.25, 0.3) is 5.91 Å². The number of aromatic nitrogens is 5. The number of piperazine rings is 1. The molecule has 0 unspecified atom stereocenters. The SMILES string of the molecule is O=C(c1ccc(-c2ccccc2)cc1)N1CCN(c2ccc(-n3cncn3)nn2)CC1. The van der Waals surface area contributed by atoms with Crippen molar-refractivity contribution in [2.75, 3.05) is 31.1 Å². The molecule has 1 amide bonds. The van der Waals surface area contributed by atoms with Gasteiger partial charge in [0.2, 0.25) is 0 Å². The number of carbonyl (C=O) groups is 1. The Morgan fingerprint density at radius 3 is 2.06 bits per heavy atom. The van der Waals surface area contributed by atoms with Crippen molar-refractivity contribution in [2.45, 2.75) is 0 Å². The molecule has 1 aliphatic heterocycles. The predicted octanol–water partition coefficient (Wildman–Crippen LogP) is 2.69. The van der Waals surface area contributed by atoms with E-state index in [-0.39, 0.29) is 5.91 Å². The molecule has 0 aliphatic carbocycles. The highest BCUT2D eigenvalue weighted by atomic mass is 16.2. The highest BCUT2D eigenvalue weighted by molar-refractivity contribution is 5.94. The Kier molecular flexibility index (Phi) is 5.10. The van der Waals surface area contributed by atoms with Gasteiger partial charge < -0.3 is 9.80 Å². The number of nitrogens with zero attached hydrogens (tertiary/aromatic N) is 7. The minimum absolute atomic E-state index is 0.0619. The summed E-state index contributed by atoms with van der Waals surface area (Å²) in [5.74, 6) is 1.48. The maximum absolute atomic E-state index is 12.9. The van der Waals surface area contributed by atoms with Crippen LogP contribution in [0, 0.1) is 0 Å². The smallest absolute Gasteiger partial charge is 0.253 e. The first-order valence-electron chi connectivity index (χ1n) is 10.2. The van der Waals surface area contributed by atoms with Crippen molar-refractivity contribution in [3.8, 4) is 16.9 Å². The van der Waals surface area contributed by atoms with E-state index in [9.17, 15) is 4.79 Å². The molecule has 0 spiro atoms. The third-order valence-corrected chi connectivity index (χ3v) is 5.42. The van der Waals surface area contributed by atoms with E-state index in [0.29, 0.717) is 37.6 Å². The van der Waals surface area contributed by atoms with Gasteiger partial charge in [0.05, 0.1) is 0 Å². The zero-order valence-corrected chi connectivity index (χ0v) is 16.9. The Labute approximate surface area is 179 Å². The normalized spacial score (nSPS) is 13.9. The molecule has 0 atom stereocenters. The van der Waals surface area contributed by atoms with Gasteiger partial charge >= 0.3 is 0 Å². The molecular weight excluding hydrogens is 390 g/mol. The third-order valence-electron chi connectivity index (χ3n) is 5.42. The van der Waals surface area contributed by atoms with Crippen molar-refractivity contribution in [1.29, 1.82) is 0 Å². The molecular formula is C23H21N7O. The molecule has 0 N–H and O–H groups in total. The van der Waals surface area contributed by atoms with Gasteiger partial charge in [0.1, 0.15) is 12.7 Å². The summed E-state index contributed by atoms with van der Waals surface area (Å²) in [6, 6.07) is 21.8. The summed E-state index contributed by atoms with van der Waals surface area (Å²) in [7, 11) is 0. The van der Waals surface area contributed by atoms with Gasteiger partial charge in [0, 0.05) is 31.7 Å². The van der Waals surface area contributed by atoms with Crippen LogP contribution in [0.15, 0.2) is 79.4 Å². The Balaban J connectivity index is 1.21.